The number of aromatic nitrogens is 2. The second-order valence-corrected chi connectivity index (χ2v) is 4.26. The Balaban J connectivity index is 2.04. The minimum Gasteiger partial charge on any atom is -0.467 e. The topological polar surface area (TPSA) is 50.3 Å². The number of hydrogen-bond acceptors (Lipinski definition) is 5. The Labute approximate surface area is 94.8 Å². The fourth-order valence-electron chi connectivity index (χ4n) is 2.41. The number of anilines is 1. The number of hydrogen-bond donors (Lipinski definition) is 1. The van der Waals surface area contributed by atoms with Gasteiger partial charge >= 0.3 is 6.01 Å². The molecule has 0 amide bonds. The second-order valence-electron chi connectivity index (χ2n) is 4.26. The summed E-state index contributed by atoms with van der Waals surface area (Å²) in [5.41, 5.74) is 2.34. The predicted molar refractivity (Wildman–Crippen MR) is 60.6 cm³/mol. The number of nitrogens with one attached hydrogen (secondary N) is 1. The van der Waals surface area contributed by atoms with Crippen LogP contribution in [0.15, 0.2) is 0 Å². The maximum atomic E-state index is 5.16. The highest BCUT2D eigenvalue weighted by Crippen LogP contribution is 2.28. The second kappa shape index (κ2) is 3.90. The molecule has 0 saturated carbocycles. The van der Waals surface area contributed by atoms with Crippen LogP contribution in [-0.4, -0.2) is 30.2 Å². The summed E-state index contributed by atoms with van der Waals surface area (Å²) in [5, 5.41) is 3.32. The molecule has 0 bridgehead atoms. The number of ether oxygens (including phenoxy) is 1. The molecule has 3 rings (SSSR count). The number of fused-ring (bicyclic) bond motifs is 1. The van der Waals surface area contributed by atoms with Gasteiger partial charge in [0.25, 0.3) is 0 Å². The van der Waals surface area contributed by atoms with Gasteiger partial charge in [0, 0.05) is 31.7 Å². The van der Waals surface area contributed by atoms with E-state index in [4.69, 9.17) is 4.74 Å². The Morgan fingerprint density at radius 1 is 1.19 bits per heavy atom. The quantitative estimate of drug-likeness (QED) is 0.794. The summed E-state index contributed by atoms with van der Waals surface area (Å²) in [5.74, 6) is 1.07. The van der Waals surface area contributed by atoms with E-state index in [1.807, 2.05) is 0 Å². The zero-order valence-electron chi connectivity index (χ0n) is 9.49. The van der Waals surface area contributed by atoms with Crippen molar-refractivity contribution in [2.24, 2.45) is 0 Å². The lowest BCUT2D eigenvalue weighted by Crippen LogP contribution is -2.21. The van der Waals surface area contributed by atoms with Crippen molar-refractivity contribution < 1.29 is 4.74 Å². The van der Waals surface area contributed by atoms with Crippen molar-refractivity contribution in [3.05, 3.63) is 11.3 Å². The summed E-state index contributed by atoms with van der Waals surface area (Å²) >= 11 is 0. The van der Waals surface area contributed by atoms with Crippen LogP contribution in [0.5, 0.6) is 6.01 Å². The molecule has 0 aliphatic carbocycles. The first kappa shape index (κ1) is 9.84. The molecule has 16 heavy (non-hydrogen) atoms. The van der Waals surface area contributed by atoms with Gasteiger partial charge in [-0.25, -0.2) is 0 Å². The highest BCUT2D eigenvalue weighted by atomic mass is 16.5. The Hall–Kier alpha value is -1.36. The molecule has 0 spiro atoms. The van der Waals surface area contributed by atoms with Gasteiger partial charge in [-0.2, -0.15) is 9.97 Å². The number of rotatable bonds is 2. The Morgan fingerprint density at radius 2 is 2.00 bits per heavy atom. The molecule has 1 N–H and O–H groups in total. The van der Waals surface area contributed by atoms with Gasteiger partial charge in [-0.1, -0.05) is 0 Å². The minimum atomic E-state index is 0.490. The van der Waals surface area contributed by atoms with Gasteiger partial charge in [0.2, 0.25) is 0 Å². The van der Waals surface area contributed by atoms with Crippen molar-refractivity contribution in [2.75, 3.05) is 25.1 Å². The van der Waals surface area contributed by atoms with Gasteiger partial charge in [0.05, 0.1) is 12.8 Å². The third kappa shape index (κ3) is 1.51. The molecule has 0 atom stereocenters. The third-order valence-electron chi connectivity index (χ3n) is 3.23. The SMILES string of the molecule is COc1nc2c(c(N3CCCC3)n1)CNC2. The molecular formula is C11H16N4O. The van der Waals surface area contributed by atoms with E-state index in [0.717, 1.165) is 37.7 Å². The van der Waals surface area contributed by atoms with E-state index in [-0.39, 0.29) is 0 Å². The third-order valence-corrected chi connectivity index (χ3v) is 3.23. The molecule has 2 aliphatic heterocycles. The first-order chi connectivity index (χ1) is 7.88. The molecule has 5 nitrogen and oxygen atoms in total. The standard InChI is InChI=1S/C11H16N4O/c1-16-11-13-9-7-12-6-8(9)10(14-11)15-4-2-3-5-15/h12H,2-7H2,1H3. The normalized spacial score (nSPS) is 18.9. The lowest BCUT2D eigenvalue weighted by atomic mass is 10.2. The summed E-state index contributed by atoms with van der Waals surface area (Å²) in [6.07, 6.45) is 2.52. The lowest BCUT2D eigenvalue weighted by molar-refractivity contribution is 0.378. The minimum absolute atomic E-state index is 0.490. The molecule has 5 heteroatoms. The Kier molecular flexibility index (Phi) is 2.40. The highest BCUT2D eigenvalue weighted by Gasteiger charge is 2.24. The number of nitrogens with zero attached hydrogens (tertiary/aromatic N) is 3. The summed E-state index contributed by atoms with van der Waals surface area (Å²) in [6.45, 7) is 3.92. The van der Waals surface area contributed by atoms with Crippen LogP contribution in [-0.2, 0) is 13.1 Å². The first-order valence-electron chi connectivity index (χ1n) is 5.78. The summed E-state index contributed by atoms with van der Waals surface area (Å²) < 4.78 is 5.16. The summed E-state index contributed by atoms with van der Waals surface area (Å²) in [7, 11) is 1.62. The predicted octanol–water partition coefficient (Wildman–Crippen LogP) is 0.689. The van der Waals surface area contributed by atoms with Crippen LogP contribution < -0.4 is 15.0 Å². The van der Waals surface area contributed by atoms with Crippen LogP contribution in [0.1, 0.15) is 24.1 Å². The monoisotopic (exact) mass is 220 g/mol. The van der Waals surface area contributed by atoms with Crippen molar-refractivity contribution in [1.29, 1.82) is 0 Å². The molecule has 1 fully saturated rings. The van der Waals surface area contributed by atoms with E-state index >= 15 is 0 Å². The van der Waals surface area contributed by atoms with Crippen molar-refractivity contribution >= 4 is 5.82 Å². The summed E-state index contributed by atoms with van der Waals surface area (Å²) in [6, 6.07) is 0.490. The van der Waals surface area contributed by atoms with E-state index in [2.05, 4.69) is 20.2 Å². The van der Waals surface area contributed by atoms with Crippen molar-refractivity contribution in [2.45, 2.75) is 25.9 Å². The van der Waals surface area contributed by atoms with Crippen LogP contribution >= 0.6 is 0 Å². The van der Waals surface area contributed by atoms with Crippen LogP contribution in [0.25, 0.3) is 0 Å². The largest absolute Gasteiger partial charge is 0.467 e. The average Bonchev–Trinajstić information content (AvgIpc) is 2.98. The zero-order chi connectivity index (χ0) is 11.0. The first-order valence-corrected chi connectivity index (χ1v) is 5.78. The van der Waals surface area contributed by atoms with Crippen molar-refractivity contribution in [3.63, 3.8) is 0 Å². The molecule has 1 saturated heterocycles. The fourth-order valence-corrected chi connectivity index (χ4v) is 2.41. The van der Waals surface area contributed by atoms with Gasteiger partial charge in [0.1, 0.15) is 5.82 Å². The molecule has 1 aromatic heterocycles. The average molecular weight is 220 g/mol. The van der Waals surface area contributed by atoms with Crippen molar-refractivity contribution in [1.82, 2.24) is 15.3 Å². The number of methoxy groups -OCH3 is 1. The molecule has 1 aromatic rings. The molecule has 86 valence electrons. The molecule has 2 aliphatic rings. The van der Waals surface area contributed by atoms with E-state index in [1.165, 1.54) is 18.4 Å². The van der Waals surface area contributed by atoms with Crippen LogP contribution in [0.3, 0.4) is 0 Å². The van der Waals surface area contributed by atoms with Crippen LogP contribution in [0.2, 0.25) is 0 Å². The molecular weight excluding hydrogens is 204 g/mol. The fraction of sp³-hybridized carbons (Fsp3) is 0.636. The molecule has 3 heterocycles. The van der Waals surface area contributed by atoms with E-state index in [1.54, 1.807) is 7.11 Å². The van der Waals surface area contributed by atoms with Gasteiger partial charge < -0.3 is 15.0 Å². The Morgan fingerprint density at radius 3 is 2.75 bits per heavy atom. The highest BCUT2D eigenvalue weighted by molar-refractivity contribution is 5.52. The van der Waals surface area contributed by atoms with Crippen LogP contribution in [0, 0.1) is 0 Å². The lowest BCUT2D eigenvalue weighted by Gasteiger charge is -2.19. The zero-order valence-corrected chi connectivity index (χ0v) is 9.49. The van der Waals surface area contributed by atoms with Gasteiger partial charge in [0.15, 0.2) is 0 Å². The smallest absolute Gasteiger partial charge is 0.318 e. The molecule has 0 aromatic carbocycles. The van der Waals surface area contributed by atoms with Crippen molar-refractivity contribution in [3.8, 4) is 6.01 Å². The van der Waals surface area contributed by atoms with Crippen LogP contribution in [0.4, 0.5) is 5.82 Å². The molecule has 0 unspecified atom stereocenters. The van der Waals surface area contributed by atoms with Gasteiger partial charge in [-0.15, -0.1) is 0 Å². The summed E-state index contributed by atoms with van der Waals surface area (Å²) in [4.78, 5) is 11.2. The molecule has 0 radical (unpaired) electrons. The Bertz CT molecular complexity index is 401. The van der Waals surface area contributed by atoms with E-state index in [0.29, 0.717) is 6.01 Å². The maximum Gasteiger partial charge on any atom is 0.318 e. The van der Waals surface area contributed by atoms with Gasteiger partial charge in [-0.05, 0) is 12.8 Å². The maximum absolute atomic E-state index is 5.16. The van der Waals surface area contributed by atoms with Gasteiger partial charge in [-0.3, -0.25) is 0 Å². The van der Waals surface area contributed by atoms with E-state index < -0.39 is 0 Å². The van der Waals surface area contributed by atoms with E-state index in [9.17, 15) is 0 Å².